The molecule has 5 atom stereocenters. The van der Waals surface area contributed by atoms with E-state index >= 15 is 0 Å². The summed E-state index contributed by atoms with van der Waals surface area (Å²) in [4.78, 5) is 72.4. The Balaban J connectivity index is 1.27. The molecule has 14 nitrogen and oxygen atoms in total. The highest BCUT2D eigenvalue weighted by Gasteiger charge is 2.62. The number of hydrogen-bond donors (Lipinski definition) is 2. The number of nitrogens with one attached hydrogen (secondary N) is 2. The third-order valence-electron chi connectivity index (χ3n) is 11.7. The second kappa shape index (κ2) is 15.4. The lowest BCUT2D eigenvalue weighted by Crippen LogP contribution is -2.57. The summed E-state index contributed by atoms with van der Waals surface area (Å²) in [6.45, 7) is 12.1. The van der Waals surface area contributed by atoms with Crippen molar-refractivity contribution in [3.8, 4) is 5.75 Å². The van der Waals surface area contributed by atoms with Crippen LogP contribution in [0.3, 0.4) is 0 Å². The van der Waals surface area contributed by atoms with Crippen LogP contribution in [0.4, 0.5) is 9.59 Å². The summed E-state index contributed by atoms with van der Waals surface area (Å²) in [5, 5.41) is 2.15. The number of sulfonamides is 1. The van der Waals surface area contributed by atoms with Crippen molar-refractivity contribution < 1.29 is 46.6 Å². The van der Waals surface area contributed by atoms with Crippen molar-refractivity contribution in [3.63, 3.8) is 0 Å². The second-order valence-electron chi connectivity index (χ2n) is 17.8. The summed E-state index contributed by atoms with van der Waals surface area (Å²) >= 11 is 0. The molecule has 15 heteroatoms. The van der Waals surface area contributed by atoms with Crippen LogP contribution in [-0.2, 0) is 47.0 Å². The van der Waals surface area contributed by atoms with Gasteiger partial charge in [-0.1, -0.05) is 72.2 Å². The van der Waals surface area contributed by atoms with Gasteiger partial charge in [0.2, 0.25) is 21.8 Å². The first kappa shape index (κ1) is 40.5. The minimum absolute atomic E-state index is 0.0256. The number of fused-ring (bicyclic) bond motifs is 3. The van der Waals surface area contributed by atoms with E-state index in [1.165, 1.54) is 4.90 Å². The van der Waals surface area contributed by atoms with Crippen molar-refractivity contribution in [1.29, 1.82) is 0 Å². The van der Waals surface area contributed by atoms with Crippen molar-refractivity contribution in [2.75, 3.05) is 19.8 Å². The molecule has 3 fully saturated rings. The van der Waals surface area contributed by atoms with Gasteiger partial charge in [-0.3, -0.25) is 24.0 Å². The molecule has 2 saturated carbocycles. The maximum atomic E-state index is 14.6. The first-order chi connectivity index (χ1) is 25.8. The third kappa shape index (κ3) is 9.13. The zero-order valence-electron chi connectivity index (χ0n) is 32.9. The van der Waals surface area contributed by atoms with Gasteiger partial charge >= 0.3 is 12.2 Å². The van der Waals surface area contributed by atoms with Gasteiger partial charge in [-0.25, -0.2) is 18.0 Å². The van der Waals surface area contributed by atoms with Crippen LogP contribution in [-0.4, -0.2) is 91.2 Å². The molecule has 3 aliphatic heterocycles. The maximum absolute atomic E-state index is 14.6. The van der Waals surface area contributed by atoms with E-state index in [1.807, 2.05) is 51.1 Å². The average Bonchev–Trinajstić information content (AvgIpc) is 4.00. The fourth-order valence-electron chi connectivity index (χ4n) is 8.02. The van der Waals surface area contributed by atoms with Gasteiger partial charge in [0.15, 0.2) is 5.78 Å². The van der Waals surface area contributed by atoms with Gasteiger partial charge in [0.1, 0.15) is 24.5 Å². The zero-order valence-corrected chi connectivity index (χ0v) is 33.7. The lowest BCUT2D eigenvalue weighted by Gasteiger charge is -2.35. The number of amides is 4. The van der Waals surface area contributed by atoms with E-state index < -0.39 is 74.1 Å². The van der Waals surface area contributed by atoms with E-state index in [9.17, 15) is 32.4 Å². The highest BCUT2D eigenvalue weighted by Crippen LogP contribution is 2.58. The fourth-order valence-corrected chi connectivity index (χ4v) is 9.41. The smallest absolute Gasteiger partial charge is 0.410 e. The number of carbonyl (C=O) groups is 5. The van der Waals surface area contributed by atoms with E-state index in [0.29, 0.717) is 44.6 Å². The van der Waals surface area contributed by atoms with Crippen LogP contribution >= 0.6 is 0 Å². The van der Waals surface area contributed by atoms with E-state index in [4.69, 9.17) is 14.2 Å². The van der Waals surface area contributed by atoms with Crippen LogP contribution in [0.15, 0.2) is 30.4 Å². The van der Waals surface area contributed by atoms with E-state index in [1.54, 1.807) is 25.7 Å². The monoisotopic (exact) mass is 784 g/mol. The summed E-state index contributed by atoms with van der Waals surface area (Å²) in [6, 6.07) is 3.47. The number of alkyl carbamates (subject to hydrolysis) is 1. The number of ketones is 1. The highest BCUT2D eigenvalue weighted by atomic mass is 32.2. The van der Waals surface area contributed by atoms with Crippen molar-refractivity contribution in [1.82, 2.24) is 19.8 Å². The van der Waals surface area contributed by atoms with Crippen LogP contribution in [0.2, 0.25) is 0 Å². The number of nitrogens with zero attached hydrogens (tertiary/aromatic N) is 2. The number of carbonyl (C=O) groups excluding carboxylic acids is 5. The summed E-state index contributed by atoms with van der Waals surface area (Å²) in [7, 11) is -3.85. The number of hydrogen-bond acceptors (Lipinski definition) is 10. The molecule has 2 aliphatic carbocycles. The minimum atomic E-state index is -3.85. The largest absolute Gasteiger partial charge is 0.489 e. The van der Waals surface area contributed by atoms with Crippen LogP contribution < -0.4 is 14.8 Å². The lowest BCUT2D eigenvalue weighted by atomic mass is 9.85. The van der Waals surface area contributed by atoms with Gasteiger partial charge in [-0.2, -0.15) is 0 Å². The topological polar surface area (TPSA) is 178 Å². The highest BCUT2D eigenvalue weighted by molar-refractivity contribution is 7.90. The number of cyclic esters (lactones) is 1. The summed E-state index contributed by atoms with van der Waals surface area (Å²) < 4.78 is 45.5. The molecule has 2 N–H and O–H groups in total. The van der Waals surface area contributed by atoms with Crippen molar-refractivity contribution >= 4 is 39.8 Å². The first-order valence-corrected chi connectivity index (χ1v) is 21.0. The Hall–Kier alpha value is -4.14. The first-order valence-electron chi connectivity index (χ1n) is 19.5. The molecule has 1 aromatic rings. The Morgan fingerprint density at radius 3 is 2.47 bits per heavy atom. The molecule has 1 aromatic carbocycles. The molecule has 55 heavy (non-hydrogen) atoms. The zero-order chi connectivity index (χ0) is 39.9. The quantitative estimate of drug-likeness (QED) is 0.358. The molecular formula is C40H56N4O10S. The molecule has 4 bridgehead atoms. The Bertz CT molecular complexity index is 1830. The number of benzene rings is 1. The predicted octanol–water partition coefficient (Wildman–Crippen LogP) is 4.99. The average molecular weight is 785 g/mol. The molecule has 5 aliphatic rings. The standard InChI is InChI=1S/C40H56N4O10S/c1-7-26-19-40(26,35(47)42-55(50,51)28-14-15-28)20-31(45)30-18-27-22-44(30)34(46)33(38(2,3)4)41-36(48)53-24-39(5,6)16-9-8-10-17-52-32-13-11-12-25-21-43(23-29(25)32)37(49)54-27/h8,10-13,26-28,30,33H,7,9,14-24H2,1-6H3,(H,41,48)(H,42,47)/b10-8+/t26-,27+,30?,33+,40-/m0/s1. The number of ether oxygens (including phenoxy) is 3. The van der Waals surface area contributed by atoms with Crippen molar-refractivity contribution in [2.45, 2.75) is 129 Å². The number of allylic oxidation sites excluding steroid dienone is 1. The fraction of sp³-hybridized carbons (Fsp3) is 0.675. The third-order valence-corrected chi connectivity index (χ3v) is 13.5. The molecule has 3 heterocycles. The second-order valence-corrected chi connectivity index (χ2v) is 19.7. The van der Waals surface area contributed by atoms with Gasteiger partial charge in [-0.05, 0) is 60.5 Å². The van der Waals surface area contributed by atoms with Gasteiger partial charge in [0, 0.05) is 24.9 Å². The van der Waals surface area contributed by atoms with Gasteiger partial charge in [0.25, 0.3) is 0 Å². The molecular weight excluding hydrogens is 729 g/mol. The summed E-state index contributed by atoms with van der Waals surface area (Å²) in [5.41, 5.74) is -0.604. The Labute approximate surface area is 324 Å². The van der Waals surface area contributed by atoms with Crippen LogP contribution in [0.5, 0.6) is 5.75 Å². The summed E-state index contributed by atoms with van der Waals surface area (Å²) in [5.74, 6) is -1.22. The number of Topliss-reactive ketones (excluding diaryl/α,β-unsaturated/α-hetero) is 1. The molecule has 6 rings (SSSR count). The molecule has 302 valence electrons. The molecule has 0 aromatic heterocycles. The predicted molar refractivity (Wildman–Crippen MR) is 202 cm³/mol. The van der Waals surface area contributed by atoms with Crippen LogP contribution in [0, 0.1) is 22.2 Å². The van der Waals surface area contributed by atoms with E-state index in [2.05, 4.69) is 10.0 Å². The minimum Gasteiger partial charge on any atom is -0.489 e. The molecule has 0 radical (unpaired) electrons. The van der Waals surface area contributed by atoms with Gasteiger partial charge in [0.05, 0.1) is 36.4 Å². The Morgan fingerprint density at radius 2 is 1.80 bits per heavy atom. The van der Waals surface area contributed by atoms with E-state index in [-0.39, 0.29) is 43.9 Å². The SMILES string of the molecule is CC[C@H]1C[C@@]1(CC(=O)C1C[C@@H]2CN1C(=O)[C@H](C(C)(C)C)NC(=O)OCC(C)(C)CC/C=C/COc1cccc3c1CN(C3)C(=O)O2)C(=O)NS(=O)(=O)C1CC1. The van der Waals surface area contributed by atoms with Gasteiger partial charge < -0.3 is 24.4 Å². The van der Waals surface area contributed by atoms with Gasteiger partial charge in [-0.15, -0.1) is 0 Å². The maximum Gasteiger partial charge on any atom is 0.410 e. The van der Waals surface area contributed by atoms with Crippen LogP contribution in [0.1, 0.15) is 104 Å². The van der Waals surface area contributed by atoms with Crippen LogP contribution in [0.25, 0.3) is 0 Å². The van der Waals surface area contributed by atoms with E-state index in [0.717, 1.165) is 24.0 Å². The molecule has 0 spiro atoms. The lowest BCUT2D eigenvalue weighted by molar-refractivity contribution is -0.142. The molecule has 1 saturated heterocycles. The summed E-state index contributed by atoms with van der Waals surface area (Å²) in [6.07, 6.45) is 4.70. The number of rotatable bonds is 7. The van der Waals surface area contributed by atoms with Crippen molar-refractivity contribution in [3.05, 3.63) is 41.5 Å². The molecule has 4 amide bonds. The normalized spacial score (nSPS) is 29.5. The Morgan fingerprint density at radius 1 is 1.05 bits per heavy atom. The van der Waals surface area contributed by atoms with Crippen molar-refractivity contribution in [2.24, 2.45) is 22.2 Å². The Kier molecular flexibility index (Phi) is 11.4. The molecule has 1 unspecified atom stereocenters.